The van der Waals surface area contributed by atoms with Crippen LogP contribution in [0.1, 0.15) is 5.56 Å². The molecule has 0 saturated carbocycles. The van der Waals surface area contributed by atoms with Gasteiger partial charge in [0.15, 0.2) is 11.5 Å². The highest BCUT2D eigenvalue weighted by molar-refractivity contribution is 7.91. The van der Waals surface area contributed by atoms with E-state index in [2.05, 4.69) is 4.98 Å². The number of amides is 1. The quantitative estimate of drug-likeness (QED) is 0.650. The van der Waals surface area contributed by atoms with Crippen molar-refractivity contribution in [1.82, 2.24) is 4.98 Å². The molecule has 1 amide bonds. The topological polar surface area (TPSA) is 109 Å². The number of benzene rings is 2. The molecule has 2 N–H and O–H groups in total. The van der Waals surface area contributed by atoms with Gasteiger partial charge >= 0.3 is 0 Å². The molecule has 4 rings (SSSR count). The molecule has 1 aliphatic heterocycles. The zero-order valence-electron chi connectivity index (χ0n) is 15.1. The largest absolute Gasteiger partial charge is 0.454 e. The van der Waals surface area contributed by atoms with Crippen molar-refractivity contribution in [1.29, 1.82) is 0 Å². The minimum atomic E-state index is -3.86. The summed E-state index contributed by atoms with van der Waals surface area (Å²) >= 11 is 0. The van der Waals surface area contributed by atoms with Crippen molar-refractivity contribution in [3.8, 4) is 22.6 Å². The Balaban J connectivity index is 1.86. The monoisotopic (exact) mass is 408 g/mol. The lowest BCUT2D eigenvalue weighted by molar-refractivity contribution is -0.113. The van der Waals surface area contributed by atoms with Crippen LogP contribution in [0.5, 0.6) is 11.5 Å². The number of ether oxygens (including phenoxy) is 2. The van der Waals surface area contributed by atoms with Gasteiger partial charge in [-0.15, -0.1) is 0 Å². The number of nitrogens with two attached hydrogens (primary N) is 1. The van der Waals surface area contributed by atoms with Crippen molar-refractivity contribution in [3.63, 3.8) is 0 Å². The molecule has 2 aromatic carbocycles. The molecule has 29 heavy (non-hydrogen) atoms. The molecule has 2 heterocycles. The molecule has 3 aromatic rings. The summed E-state index contributed by atoms with van der Waals surface area (Å²) in [6.07, 6.45) is 5.81. The first-order chi connectivity index (χ1) is 14.0. The summed E-state index contributed by atoms with van der Waals surface area (Å²) in [4.78, 5) is 15.4. The van der Waals surface area contributed by atoms with Crippen LogP contribution >= 0.6 is 0 Å². The van der Waals surface area contributed by atoms with Gasteiger partial charge in [0.05, 0.1) is 9.79 Å². The second kappa shape index (κ2) is 7.40. The summed E-state index contributed by atoms with van der Waals surface area (Å²) in [5.41, 5.74) is 6.85. The van der Waals surface area contributed by atoms with E-state index in [9.17, 15) is 13.2 Å². The molecule has 0 aliphatic carbocycles. The van der Waals surface area contributed by atoms with Gasteiger partial charge in [-0.2, -0.15) is 0 Å². The Morgan fingerprint density at radius 1 is 1.03 bits per heavy atom. The summed E-state index contributed by atoms with van der Waals surface area (Å²) in [7, 11) is -3.86. The molecule has 0 radical (unpaired) electrons. The third kappa shape index (κ3) is 3.57. The molecular formula is C21H16N2O5S. The molecular weight excluding hydrogens is 392 g/mol. The second-order valence-corrected chi connectivity index (χ2v) is 8.13. The van der Waals surface area contributed by atoms with E-state index >= 15 is 0 Å². The van der Waals surface area contributed by atoms with Gasteiger partial charge in [0.1, 0.15) is 0 Å². The van der Waals surface area contributed by atoms with Gasteiger partial charge in [0.2, 0.25) is 22.5 Å². The van der Waals surface area contributed by atoms with Crippen molar-refractivity contribution in [2.75, 3.05) is 6.79 Å². The molecule has 0 fully saturated rings. The first-order valence-corrected chi connectivity index (χ1v) is 10.1. The van der Waals surface area contributed by atoms with Crippen LogP contribution in [0.2, 0.25) is 0 Å². The van der Waals surface area contributed by atoms with E-state index in [1.54, 1.807) is 42.7 Å². The highest BCUT2D eigenvalue weighted by atomic mass is 32.2. The number of fused-ring (bicyclic) bond motifs is 1. The molecule has 0 atom stereocenters. The highest BCUT2D eigenvalue weighted by Gasteiger charge is 2.25. The Morgan fingerprint density at radius 2 is 1.83 bits per heavy atom. The SMILES string of the molecule is NC(=O)/C=C/c1cnccc1-c1ccccc1S(=O)(=O)c1ccc2c(c1)OCO2. The van der Waals surface area contributed by atoms with Crippen LogP contribution in [0.3, 0.4) is 0 Å². The average Bonchev–Trinajstić information content (AvgIpc) is 3.20. The van der Waals surface area contributed by atoms with Gasteiger partial charge in [-0.1, -0.05) is 18.2 Å². The Hall–Kier alpha value is -3.65. The van der Waals surface area contributed by atoms with Crippen LogP contribution in [0.25, 0.3) is 17.2 Å². The third-order valence-corrected chi connectivity index (χ3v) is 6.21. The average molecular weight is 408 g/mol. The third-order valence-electron chi connectivity index (χ3n) is 4.40. The van der Waals surface area contributed by atoms with Crippen molar-refractivity contribution in [2.24, 2.45) is 5.73 Å². The summed E-state index contributed by atoms with van der Waals surface area (Å²) in [6.45, 7) is 0.0575. The summed E-state index contributed by atoms with van der Waals surface area (Å²) in [5, 5.41) is 0. The maximum atomic E-state index is 13.4. The van der Waals surface area contributed by atoms with Crippen LogP contribution in [-0.2, 0) is 14.6 Å². The lowest BCUT2D eigenvalue weighted by atomic mass is 10.0. The number of nitrogens with zero attached hydrogens (tertiary/aromatic N) is 1. The number of hydrogen-bond acceptors (Lipinski definition) is 6. The van der Waals surface area contributed by atoms with Crippen LogP contribution in [0, 0.1) is 0 Å². The maximum absolute atomic E-state index is 13.4. The molecule has 1 aromatic heterocycles. The minimum absolute atomic E-state index is 0.0575. The van der Waals surface area contributed by atoms with E-state index in [1.165, 1.54) is 30.4 Å². The van der Waals surface area contributed by atoms with E-state index in [4.69, 9.17) is 15.2 Å². The van der Waals surface area contributed by atoms with E-state index in [0.29, 0.717) is 28.2 Å². The van der Waals surface area contributed by atoms with Gasteiger partial charge in [-0.25, -0.2) is 8.42 Å². The van der Waals surface area contributed by atoms with Gasteiger partial charge in [0.25, 0.3) is 0 Å². The molecule has 0 spiro atoms. The van der Waals surface area contributed by atoms with Crippen molar-refractivity contribution < 1.29 is 22.7 Å². The Kier molecular flexibility index (Phi) is 4.77. The molecule has 0 saturated heterocycles. The Bertz CT molecular complexity index is 1240. The normalized spacial score (nSPS) is 13.0. The number of carbonyl (C=O) groups is 1. The van der Waals surface area contributed by atoms with Crippen LogP contribution in [0.15, 0.2) is 76.8 Å². The first-order valence-electron chi connectivity index (χ1n) is 8.62. The Morgan fingerprint density at radius 3 is 2.66 bits per heavy atom. The number of sulfone groups is 1. The second-order valence-electron chi connectivity index (χ2n) is 6.21. The first kappa shape index (κ1) is 18.7. The lowest BCUT2D eigenvalue weighted by Crippen LogP contribution is -2.06. The number of carbonyl (C=O) groups excluding carboxylic acids is 1. The van der Waals surface area contributed by atoms with Crippen LogP contribution in [0.4, 0.5) is 0 Å². The molecule has 146 valence electrons. The fourth-order valence-electron chi connectivity index (χ4n) is 3.05. The number of hydrogen-bond donors (Lipinski definition) is 1. The van der Waals surface area contributed by atoms with E-state index in [1.807, 2.05) is 0 Å². The van der Waals surface area contributed by atoms with Crippen molar-refractivity contribution in [3.05, 3.63) is 72.6 Å². The van der Waals surface area contributed by atoms with Gasteiger partial charge < -0.3 is 15.2 Å². The maximum Gasteiger partial charge on any atom is 0.241 e. The number of primary amides is 1. The standard InChI is InChI=1S/C21H16N2O5S/c22-21(24)8-5-14-12-23-10-9-16(14)17-3-1-2-4-20(17)29(25,26)15-6-7-18-19(11-15)28-13-27-18/h1-12H,13H2,(H2,22,24)/b8-5+. The van der Waals surface area contributed by atoms with Crippen molar-refractivity contribution in [2.45, 2.75) is 9.79 Å². The lowest BCUT2D eigenvalue weighted by Gasteiger charge is -2.13. The molecule has 8 heteroatoms. The highest BCUT2D eigenvalue weighted by Crippen LogP contribution is 2.38. The molecule has 7 nitrogen and oxygen atoms in total. The molecule has 1 aliphatic rings. The fraction of sp³-hybridized carbons (Fsp3) is 0.0476. The zero-order chi connectivity index (χ0) is 20.4. The number of pyridine rings is 1. The smallest absolute Gasteiger partial charge is 0.241 e. The zero-order valence-corrected chi connectivity index (χ0v) is 15.9. The Labute approximate surface area is 167 Å². The van der Waals surface area contributed by atoms with E-state index in [0.717, 1.165) is 0 Å². The number of aromatic nitrogens is 1. The van der Waals surface area contributed by atoms with Gasteiger partial charge in [-0.05, 0) is 35.9 Å². The van der Waals surface area contributed by atoms with E-state index in [-0.39, 0.29) is 16.6 Å². The summed E-state index contributed by atoms with van der Waals surface area (Å²) < 4.78 is 37.4. The van der Waals surface area contributed by atoms with Crippen LogP contribution in [-0.4, -0.2) is 26.1 Å². The molecule has 0 unspecified atom stereocenters. The number of rotatable bonds is 5. The minimum Gasteiger partial charge on any atom is -0.454 e. The molecule has 0 bridgehead atoms. The predicted molar refractivity (Wildman–Crippen MR) is 106 cm³/mol. The van der Waals surface area contributed by atoms with Gasteiger partial charge in [-0.3, -0.25) is 9.78 Å². The summed E-state index contributed by atoms with van der Waals surface area (Å²) in [6, 6.07) is 12.8. The fourth-order valence-corrected chi connectivity index (χ4v) is 4.54. The van der Waals surface area contributed by atoms with E-state index < -0.39 is 15.7 Å². The summed E-state index contributed by atoms with van der Waals surface area (Å²) in [5.74, 6) is 0.281. The predicted octanol–water partition coefficient (Wildman–Crippen LogP) is 2.81. The van der Waals surface area contributed by atoms with Crippen molar-refractivity contribution >= 4 is 21.8 Å². The van der Waals surface area contributed by atoms with Gasteiger partial charge in [0, 0.05) is 35.7 Å². The van der Waals surface area contributed by atoms with Crippen LogP contribution < -0.4 is 15.2 Å².